The van der Waals surface area contributed by atoms with Gasteiger partial charge in [0.2, 0.25) is 5.91 Å². The van der Waals surface area contributed by atoms with Crippen LogP contribution in [0.15, 0.2) is 5.10 Å². The van der Waals surface area contributed by atoms with Crippen molar-refractivity contribution in [1.29, 1.82) is 0 Å². The lowest BCUT2D eigenvalue weighted by Crippen LogP contribution is -2.30. The fourth-order valence-electron chi connectivity index (χ4n) is 1.45. The predicted octanol–water partition coefficient (Wildman–Crippen LogP) is 0.841. The second-order valence-corrected chi connectivity index (χ2v) is 4.35. The second-order valence-electron chi connectivity index (χ2n) is 4.35. The van der Waals surface area contributed by atoms with Gasteiger partial charge in [0.05, 0.1) is 18.7 Å². The molecule has 2 amide bonds. The first-order chi connectivity index (χ1) is 7.40. The molecule has 0 fully saturated rings. The first kappa shape index (κ1) is 12.5. The lowest BCUT2D eigenvalue weighted by atomic mass is 10.2. The summed E-state index contributed by atoms with van der Waals surface area (Å²) in [5.41, 5.74) is 0.607. The summed E-state index contributed by atoms with van der Waals surface area (Å²) < 4.78 is 0. The molecule has 0 saturated heterocycles. The van der Waals surface area contributed by atoms with E-state index < -0.39 is 6.09 Å². The van der Waals surface area contributed by atoms with Crippen molar-refractivity contribution in [2.75, 3.05) is 20.1 Å². The van der Waals surface area contributed by atoms with E-state index in [2.05, 4.69) is 5.10 Å². The molecule has 16 heavy (non-hydrogen) atoms. The molecule has 1 aliphatic rings. The molecule has 6 nitrogen and oxygen atoms in total. The Balaban J connectivity index is 2.57. The average molecular weight is 227 g/mol. The number of hydrazone groups is 1. The summed E-state index contributed by atoms with van der Waals surface area (Å²) in [5.74, 6) is 0.298. The quantitative estimate of drug-likeness (QED) is 0.773. The van der Waals surface area contributed by atoms with E-state index in [1.165, 1.54) is 12.1 Å². The third kappa shape index (κ3) is 3.22. The molecule has 0 aromatic heterocycles. The highest BCUT2D eigenvalue weighted by molar-refractivity contribution is 6.06. The van der Waals surface area contributed by atoms with Crippen LogP contribution in [0.3, 0.4) is 0 Å². The first-order valence-corrected chi connectivity index (χ1v) is 5.21. The summed E-state index contributed by atoms with van der Waals surface area (Å²) in [6.07, 6.45) is -0.790. The number of hydrogen-bond donors (Lipinski definition) is 1. The van der Waals surface area contributed by atoms with Crippen LogP contribution in [0.4, 0.5) is 4.79 Å². The molecule has 90 valence electrons. The lowest BCUT2D eigenvalue weighted by Gasteiger charge is -2.14. The zero-order chi connectivity index (χ0) is 12.3. The minimum absolute atomic E-state index is 0.0533. The van der Waals surface area contributed by atoms with Gasteiger partial charge in [-0.3, -0.25) is 4.79 Å². The van der Waals surface area contributed by atoms with Crippen molar-refractivity contribution in [3.63, 3.8) is 0 Å². The van der Waals surface area contributed by atoms with Crippen LogP contribution in [-0.2, 0) is 4.79 Å². The summed E-state index contributed by atoms with van der Waals surface area (Å²) in [5, 5.41) is 14.2. The van der Waals surface area contributed by atoms with Crippen LogP contribution in [-0.4, -0.2) is 52.9 Å². The van der Waals surface area contributed by atoms with Crippen LogP contribution in [0.25, 0.3) is 0 Å². The van der Waals surface area contributed by atoms with Gasteiger partial charge in [0.25, 0.3) is 0 Å². The van der Waals surface area contributed by atoms with Crippen molar-refractivity contribution in [3.05, 3.63) is 0 Å². The molecular weight excluding hydrogens is 210 g/mol. The molecule has 0 atom stereocenters. The standard InChI is InChI=1S/C10H17N3O3/c1-7(2)5-13-9(14)4-8(11-13)6-12(3)10(15)16/h7H,4-6H2,1-3H3,(H,15,16). The number of hydrogen-bond acceptors (Lipinski definition) is 3. The molecule has 0 radical (unpaired) electrons. The van der Waals surface area contributed by atoms with Gasteiger partial charge in [-0.2, -0.15) is 5.10 Å². The van der Waals surface area contributed by atoms with E-state index in [1.54, 1.807) is 0 Å². The van der Waals surface area contributed by atoms with Crippen molar-refractivity contribution in [1.82, 2.24) is 9.91 Å². The van der Waals surface area contributed by atoms with Gasteiger partial charge in [-0.25, -0.2) is 9.80 Å². The van der Waals surface area contributed by atoms with Crippen LogP contribution in [0.1, 0.15) is 20.3 Å². The van der Waals surface area contributed by atoms with Crippen molar-refractivity contribution < 1.29 is 14.7 Å². The molecule has 0 aromatic rings. The molecule has 0 bridgehead atoms. The minimum atomic E-state index is -1.02. The van der Waals surface area contributed by atoms with E-state index in [9.17, 15) is 9.59 Å². The topological polar surface area (TPSA) is 73.2 Å². The van der Waals surface area contributed by atoms with Crippen LogP contribution >= 0.6 is 0 Å². The predicted molar refractivity (Wildman–Crippen MR) is 59.3 cm³/mol. The van der Waals surface area contributed by atoms with Crippen LogP contribution in [0, 0.1) is 5.92 Å². The first-order valence-electron chi connectivity index (χ1n) is 5.21. The normalized spacial score (nSPS) is 15.6. The van der Waals surface area contributed by atoms with E-state index in [-0.39, 0.29) is 18.9 Å². The molecule has 1 aliphatic heterocycles. The molecule has 1 heterocycles. The number of amides is 2. The summed E-state index contributed by atoms with van der Waals surface area (Å²) >= 11 is 0. The van der Waals surface area contributed by atoms with Gasteiger partial charge >= 0.3 is 6.09 Å². The smallest absolute Gasteiger partial charge is 0.407 e. The zero-order valence-electron chi connectivity index (χ0n) is 9.80. The van der Waals surface area contributed by atoms with Gasteiger partial charge in [0.1, 0.15) is 0 Å². The summed E-state index contributed by atoms with van der Waals surface area (Å²) in [7, 11) is 1.46. The molecule has 0 saturated carbocycles. The van der Waals surface area contributed by atoms with Crippen molar-refractivity contribution >= 4 is 17.7 Å². The third-order valence-corrected chi connectivity index (χ3v) is 2.19. The second kappa shape index (κ2) is 4.96. The molecule has 0 unspecified atom stereocenters. The van der Waals surface area contributed by atoms with Crippen molar-refractivity contribution in [3.8, 4) is 0 Å². The van der Waals surface area contributed by atoms with E-state index in [1.807, 2.05) is 13.8 Å². The Morgan fingerprint density at radius 3 is 2.75 bits per heavy atom. The van der Waals surface area contributed by atoms with E-state index in [0.717, 1.165) is 4.90 Å². The van der Waals surface area contributed by atoms with E-state index in [4.69, 9.17) is 5.11 Å². The van der Waals surface area contributed by atoms with Gasteiger partial charge in [-0.15, -0.1) is 0 Å². The van der Waals surface area contributed by atoms with E-state index >= 15 is 0 Å². The molecule has 1 rings (SSSR count). The van der Waals surface area contributed by atoms with Gasteiger partial charge in [0.15, 0.2) is 0 Å². The zero-order valence-corrected chi connectivity index (χ0v) is 9.80. The number of carbonyl (C=O) groups excluding carboxylic acids is 1. The van der Waals surface area contributed by atoms with Gasteiger partial charge < -0.3 is 10.0 Å². The number of rotatable bonds is 4. The largest absolute Gasteiger partial charge is 0.465 e. The number of nitrogens with zero attached hydrogens (tertiary/aromatic N) is 3. The van der Waals surface area contributed by atoms with Gasteiger partial charge in [-0.05, 0) is 5.92 Å². The number of carbonyl (C=O) groups is 2. The van der Waals surface area contributed by atoms with Crippen LogP contribution < -0.4 is 0 Å². The highest BCUT2D eigenvalue weighted by atomic mass is 16.4. The SMILES string of the molecule is CC(C)CN1N=C(CN(C)C(=O)O)CC1=O. The fraction of sp³-hybridized carbons (Fsp3) is 0.700. The Labute approximate surface area is 94.5 Å². The Bertz CT molecular complexity index is 325. The summed E-state index contributed by atoms with van der Waals surface area (Å²) in [6.45, 7) is 4.78. The highest BCUT2D eigenvalue weighted by Crippen LogP contribution is 2.11. The Morgan fingerprint density at radius 1 is 1.62 bits per heavy atom. The van der Waals surface area contributed by atoms with Gasteiger partial charge in [0, 0.05) is 13.6 Å². The van der Waals surface area contributed by atoms with Crippen LogP contribution in [0.2, 0.25) is 0 Å². The summed E-state index contributed by atoms with van der Waals surface area (Å²) in [6, 6.07) is 0. The maximum absolute atomic E-state index is 11.5. The highest BCUT2D eigenvalue weighted by Gasteiger charge is 2.25. The molecule has 0 aromatic carbocycles. The van der Waals surface area contributed by atoms with Crippen LogP contribution in [0.5, 0.6) is 0 Å². The molecule has 0 spiro atoms. The summed E-state index contributed by atoms with van der Waals surface area (Å²) in [4.78, 5) is 23.2. The van der Waals surface area contributed by atoms with Crippen molar-refractivity contribution in [2.24, 2.45) is 11.0 Å². The van der Waals surface area contributed by atoms with E-state index in [0.29, 0.717) is 18.2 Å². The monoisotopic (exact) mass is 227 g/mol. The minimum Gasteiger partial charge on any atom is -0.465 e. The Kier molecular flexibility index (Phi) is 3.87. The fourth-order valence-corrected chi connectivity index (χ4v) is 1.45. The number of carboxylic acid groups (broad SMARTS) is 1. The van der Waals surface area contributed by atoms with Gasteiger partial charge in [-0.1, -0.05) is 13.8 Å². The molecule has 6 heteroatoms. The van der Waals surface area contributed by atoms with Crippen molar-refractivity contribution in [2.45, 2.75) is 20.3 Å². The Morgan fingerprint density at radius 2 is 2.25 bits per heavy atom. The maximum atomic E-state index is 11.5. The molecular formula is C10H17N3O3. The maximum Gasteiger partial charge on any atom is 0.407 e. The molecule has 0 aliphatic carbocycles. The Hall–Kier alpha value is -1.59. The third-order valence-electron chi connectivity index (χ3n) is 2.19. The lowest BCUT2D eigenvalue weighted by molar-refractivity contribution is -0.129. The average Bonchev–Trinajstić information content (AvgIpc) is 2.45. The molecule has 1 N–H and O–H groups in total.